The second kappa shape index (κ2) is 9.40. The maximum absolute atomic E-state index is 14.4. The summed E-state index contributed by atoms with van der Waals surface area (Å²) in [4.78, 5) is 23.6. The average molecular weight is 478 g/mol. The van der Waals surface area contributed by atoms with Gasteiger partial charge in [0.25, 0.3) is 5.91 Å². The number of Topliss-reactive ketones (excluding diaryl/α,β-unsaturated/α-hetero) is 1. The zero-order chi connectivity index (χ0) is 25.2. The highest BCUT2D eigenvalue weighted by Crippen LogP contribution is 2.53. The topological polar surface area (TPSA) is 58.2 Å². The van der Waals surface area contributed by atoms with Crippen molar-refractivity contribution in [3.63, 3.8) is 0 Å². The van der Waals surface area contributed by atoms with Gasteiger partial charge in [-0.25, -0.2) is 4.39 Å². The summed E-state index contributed by atoms with van der Waals surface area (Å²) in [6, 6.07) is 6.96. The number of alkyl halides is 7. The van der Waals surface area contributed by atoms with Gasteiger partial charge in [0.15, 0.2) is 0 Å². The fraction of sp³-hybridized carbons (Fsp3) is 0.364. The summed E-state index contributed by atoms with van der Waals surface area (Å²) >= 11 is 0. The third kappa shape index (κ3) is 5.63. The molecule has 0 heterocycles. The summed E-state index contributed by atoms with van der Waals surface area (Å²) in [5.41, 5.74) is -6.88. The lowest BCUT2D eigenvalue weighted by Gasteiger charge is -2.31. The fourth-order valence-corrected chi connectivity index (χ4v) is 3.19. The highest BCUT2D eigenvalue weighted by molar-refractivity contribution is 6.05. The molecule has 2 aromatic carbocycles. The van der Waals surface area contributed by atoms with Crippen LogP contribution >= 0.6 is 0 Å². The van der Waals surface area contributed by atoms with Crippen LogP contribution in [-0.2, 0) is 10.5 Å². The van der Waals surface area contributed by atoms with Crippen LogP contribution in [0.3, 0.4) is 0 Å². The number of carbonyl (C=O) groups is 2. The zero-order valence-corrected chi connectivity index (χ0v) is 17.8. The highest BCUT2D eigenvalue weighted by Gasteiger charge is 2.73. The lowest BCUT2D eigenvalue weighted by atomic mass is 9.90. The van der Waals surface area contributed by atoms with E-state index in [2.05, 4.69) is 10.6 Å². The first-order valence-corrected chi connectivity index (χ1v) is 9.66. The predicted molar refractivity (Wildman–Crippen MR) is 109 cm³/mol. The van der Waals surface area contributed by atoms with Crippen molar-refractivity contribution in [2.75, 3.05) is 17.2 Å². The van der Waals surface area contributed by atoms with Gasteiger partial charge in [0, 0.05) is 35.5 Å². The van der Waals surface area contributed by atoms with E-state index in [1.807, 2.05) is 0 Å². The highest BCUT2D eigenvalue weighted by atomic mass is 19.4. The third-order valence-corrected chi connectivity index (χ3v) is 4.88. The Morgan fingerprint density at radius 2 is 1.42 bits per heavy atom. The Morgan fingerprint density at radius 1 is 0.879 bits per heavy atom. The van der Waals surface area contributed by atoms with Gasteiger partial charge in [0.05, 0.1) is 0 Å². The molecule has 33 heavy (non-hydrogen) atoms. The molecule has 2 aromatic rings. The van der Waals surface area contributed by atoms with Crippen LogP contribution in [0.5, 0.6) is 0 Å². The molecule has 1 amide bonds. The quantitative estimate of drug-likeness (QED) is 0.464. The van der Waals surface area contributed by atoms with Crippen molar-refractivity contribution in [1.82, 2.24) is 0 Å². The number of rotatable bonds is 7. The number of ketones is 1. The smallest absolute Gasteiger partial charge is 0.385 e. The van der Waals surface area contributed by atoms with Crippen molar-refractivity contribution in [1.29, 1.82) is 0 Å². The van der Waals surface area contributed by atoms with Crippen LogP contribution in [0.2, 0.25) is 0 Å². The van der Waals surface area contributed by atoms with Gasteiger partial charge in [-0.05, 0) is 50.1 Å². The van der Waals surface area contributed by atoms with E-state index in [4.69, 9.17) is 0 Å². The minimum atomic E-state index is -6.23. The van der Waals surface area contributed by atoms with Crippen molar-refractivity contribution < 1.29 is 40.3 Å². The van der Waals surface area contributed by atoms with Crippen LogP contribution in [0, 0.1) is 13.8 Å². The molecule has 4 nitrogen and oxygen atoms in total. The molecule has 0 atom stereocenters. The Hall–Kier alpha value is -3.11. The molecule has 0 spiro atoms. The minimum Gasteiger partial charge on any atom is -0.385 e. The first-order chi connectivity index (χ1) is 15.1. The molecule has 0 saturated heterocycles. The molecule has 0 aromatic heterocycles. The van der Waals surface area contributed by atoms with Crippen LogP contribution in [-0.4, -0.2) is 30.6 Å². The van der Waals surface area contributed by atoms with E-state index in [1.165, 1.54) is 32.9 Å². The minimum absolute atomic E-state index is 0.0286. The molecule has 0 aliphatic rings. The van der Waals surface area contributed by atoms with Gasteiger partial charge in [-0.1, -0.05) is 18.2 Å². The van der Waals surface area contributed by atoms with Gasteiger partial charge in [-0.3, -0.25) is 9.59 Å². The maximum atomic E-state index is 14.4. The Bertz CT molecular complexity index is 1010. The second-order valence-electron chi connectivity index (χ2n) is 7.55. The second-order valence-corrected chi connectivity index (χ2v) is 7.55. The maximum Gasteiger partial charge on any atom is 0.435 e. The third-order valence-electron chi connectivity index (χ3n) is 4.88. The molecular formula is C22H21F7N2O2. The monoisotopic (exact) mass is 478 g/mol. The molecule has 0 aliphatic heterocycles. The van der Waals surface area contributed by atoms with E-state index in [-0.39, 0.29) is 34.6 Å². The van der Waals surface area contributed by atoms with Crippen LogP contribution in [0.25, 0.3) is 0 Å². The summed E-state index contributed by atoms with van der Waals surface area (Å²) < 4.78 is 92.8. The number of hydrogen-bond donors (Lipinski definition) is 2. The van der Waals surface area contributed by atoms with Crippen molar-refractivity contribution in [2.45, 2.75) is 45.2 Å². The first kappa shape index (κ1) is 26.1. The molecular weight excluding hydrogens is 457 g/mol. The number of anilines is 2. The number of aryl methyl sites for hydroxylation is 2. The van der Waals surface area contributed by atoms with E-state index >= 15 is 0 Å². The first-order valence-electron chi connectivity index (χ1n) is 9.66. The van der Waals surface area contributed by atoms with E-state index in [9.17, 15) is 40.3 Å². The Kier molecular flexibility index (Phi) is 7.45. The van der Waals surface area contributed by atoms with Crippen LogP contribution in [0.4, 0.5) is 42.1 Å². The number of nitrogens with one attached hydrogen (secondary N) is 2. The van der Waals surface area contributed by atoms with Gasteiger partial charge in [-0.2, -0.15) is 26.3 Å². The number of carbonyl (C=O) groups excluding carboxylic acids is 2. The van der Waals surface area contributed by atoms with E-state index in [0.29, 0.717) is 24.4 Å². The average Bonchev–Trinajstić information content (AvgIpc) is 2.68. The summed E-state index contributed by atoms with van der Waals surface area (Å²) in [5, 5.41) is 5.40. The molecule has 0 saturated carbocycles. The van der Waals surface area contributed by atoms with Gasteiger partial charge in [-0.15, -0.1) is 0 Å². The molecule has 0 unspecified atom stereocenters. The molecule has 180 valence electrons. The predicted octanol–water partition coefficient (Wildman–Crippen LogP) is 6.24. The van der Waals surface area contributed by atoms with Crippen molar-refractivity contribution in [3.8, 4) is 0 Å². The molecule has 2 N–H and O–H groups in total. The normalized spacial score (nSPS) is 12.4. The van der Waals surface area contributed by atoms with Crippen LogP contribution in [0.1, 0.15) is 40.4 Å². The number of benzene rings is 2. The fourth-order valence-electron chi connectivity index (χ4n) is 3.19. The standard InChI is InChI=1S/C22H21F7N2O2/c1-12-9-16(20(23,21(24,25)26)22(27,28)29)10-13(2)18(12)31-19(33)15-5-4-6-17(11-15)30-8-7-14(3)32/h4-6,9-11,30H,7-8H2,1-3H3,(H,31,33). The molecule has 11 heteroatoms. The summed E-state index contributed by atoms with van der Waals surface area (Å²) in [5.74, 6) is -0.707. The summed E-state index contributed by atoms with van der Waals surface area (Å²) in [6.07, 6.45) is -12.2. The number of halogens is 7. The molecule has 0 bridgehead atoms. The number of hydrogen-bond acceptors (Lipinski definition) is 3. The zero-order valence-electron chi connectivity index (χ0n) is 17.8. The van der Waals surface area contributed by atoms with Crippen LogP contribution in [0.15, 0.2) is 36.4 Å². The van der Waals surface area contributed by atoms with Crippen molar-refractivity contribution in [2.24, 2.45) is 0 Å². The van der Waals surface area contributed by atoms with Gasteiger partial charge in [0.2, 0.25) is 0 Å². The summed E-state index contributed by atoms with van der Waals surface area (Å²) in [6.45, 7) is 4.10. The SMILES string of the molecule is CC(=O)CCNc1cccc(C(=O)Nc2c(C)cc(C(F)(C(F)(F)F)C(F)(F)F)cc2C)c1. The van der Waals surface area contributed by atoms with Gasteiger partial charge < -0.3 is 10.6 Å². The molecule has 0 aliphatic carbocycles. The van der Waals surface area contributed by atoms with E-state index in [1.54, 1.807) is 12.1 Å². The largest absolute Gasteiger partial charge is 0.435 e. The van der Waals surface area contributed by atoms with E-state index < -0.39 is 29.5 Å². The van der Waals surface area contributed by atoms with Crippen molar-refractivity contribution >= 4 is 23.1 Å². The lowest BCUT2D eigenvalue weighted by molar-refractivity contribution is -0.348. The molecule has 0 radical (unpaired) electrons. The van der Waals surface area contributed by atoms with Crippen molar-refractivity contribution in [3.05, 3.63) is 58.7 Å². The molecule has 2 rings (SSSR count). The van der Waals surface area contributed by atoms with Crippen LogP contribution < -0.4 is 10.6 Å². The van der Waals surface area contributed by atoms with Gasteiger partial charge in [0.1, 0.15) is 5.78 Å². The number of amides is 1. The van der Waals surface area contributed by atoms with Gasteiger partial charge >= 0.3 is 18.0 Å². The Morgan fingerprint density at radius 3 is 1.91 bits per heavy atom. The Balaban J connectivity index is 2.33. The lowest BCUT2D eigenvalue weighted by Crippen LogP contribution is -2.50. The van der Waals surface area contributed by atoms with E-state index in [0.717, 1.165) is 0 Å². The Labute approximate surface area is 185 Å². The summed E-state index contributed by atoms with van der Waals surface area (Å²) in [7, 11) is 0. The molecule has 0 fully saturated rings.